The molecule has 2 rings (SSSR count). The molecule has 1 aromatic carbocycles. The van der Waals surface area contributed by atoms with E-state index < -0.39 is 0 Å². The van der Waals surface area contributed by atoms with E-state index in [1.165, 1.54) is 5.56 Å². The molecule has 0 saturated carbocycles. The second kappa shape index (κ2) is 7.62. The number of ether oxygens (including phenoxy) is 1. The van der Waals surface area contributed by atoms with Gasteiger partial charge in [-0.15, -0.1) is 0 Å². The van der Waals surface area contributed by atoms with Gasteiger partial charge in [-0.05, 0) is 27.1 Å². The highest BCUT2D eigenvalue weighted by atomic mass is 16.5. The topological polar surface area (TPSA) is 27.7 Å². The third-order valence-corrected chi connectivity index (χ3v) is 3.98. The van der Waals surface area contributed by atoms with Gasteiger partial charge in [0.05, 0.1) is 6.61 Å². The fourth-order valence-electron chi connectivity index (χ4n) is 2.69. The molecule has 1 N–H and O–H groups in total. The Kier molecular flexibility index (Phi) is 5.83. The Labute approximate surface area is 122 Å². The standard InChI is InChI=1S/C16H27N3O/c1-4-20-16-8-6-5-7-14(16)15(17-2)13-19-11-9-18(3)10-12-19/h5-8,15,17H,4,9-13H2,1-3H3. The lowest BCUT2D eigenvalue weighted by atomic mass is 10.0. The van der Waals surface area contributed by atoms with E-state index in [2.05, 4.69) is 40.4 Å². The first kappa shape index (κ1) is 15.3. The molecular weight excluding hydrogens is 250 g/mol. The van der Waals surface area contributed by atoms with Crippen LogP contribution in [0.3, 0.4) is 0 Å². The molecule has 1 atom stereocenters. The molecule has 1 aliphatic rings. The SMILES string of the molecule is CCOc1ccccc1C(CN1CCN(C)CC1)NC. The molecule has 1 unspecified atom stereocenters. The van der Waals surface area contributed by atoms with Crippen molar-refractivity contribution in [3.8, 4) is 5.75 Å². The largest absolute Gasteiger partial charge is 0.494 e. The van der Waals surface area contributed by atoms with Crippen molar-refractivity contribution in [3.05, 3.63) is 29.8 Å². The Morgan fingerprint density at radius 3 is 2.55 bits per heavy atom. The summed E-state index contributed by atoms with van der Waals surface area (Å²) in [5, 5.41) is 3.44. The maximum absolute atomic E-state index is 5.76. The minimum Gasteiger partial charge on any atom is -0.494 e. The van der Waals surface area contributed by atoms with Crippen molar-refractivity contribution >= 4 is 0 Å². The number of piperazine rings is 1. The highest BCUT2D eigenvalue weighted by Crippen LogP contribution is 2.25. The molecule has 1 aromatic rings. The molecule has 0 spiro atoms. The average Bonchev–Trinajstić information content (AvgIpc) is 2.48. The quantitative estimate of drug-likeness (QED) is 0.855. The molecule has 1 heterocycles. The molecule has 1 aliphatic heterocycles. The monoisotopic (exact) mass is 277 g/mol. The lowest BCUT2D eigenvalue weighted by molar-refractivity contribution is 0.143. The first-order chi connectivity index (χ1) is 9.74. The van der Waals surface area contributed by atoms with E-state index in [1.54, 1.807) is 0 Å². The Bertz CT molecular complexity index is 402. The van der Waals surface area contributed by atoms with Gasteiger partial charge in [-0.1, -0.05) is 18.2 Å². The third kappa shape index (κ3) is 3.95. The summed E-state index contributed by atoms with van der Waals surface area (Å²) >= 11 is 0. The second-order valence-electron chi connectivity index (χ2n) is 5.42. The van der Waals surface area contributed by atoms with Gasteiger partial charge in [-0.2, -0.15) is 0 Å². The summed E-state index contributed by atoms with van der Waals surface area (Å²) in [5.74, 6) is 1.00. The fraction of sp³-hybridized carbons (Fsp3) is 0.625. The van der Waals surface area contributed by atoms with Gasteiger partial charge >= 0.3 is 0 Å². The summed E-state index contributed by atoms with van der Waals surface area (Å²) in [5.41, 5.74) is 1.26. The minimum atomic E-state index is 0.321. The average molecular weight is 277 g/mol. The van der Waals surface area contributed by atoms with E-state index in [4.69, 9.17) is 4.74 Å². The van der Waals surface area contributed by atoms with Crippen LogP contribution in [0.1, 0.15) is 18.5 Å². The highest BCUT2D eigenvalue weighted by molar-refractivity contribution is 5.36. The summed E-state index contributed by atoms with van der Waals surface area (Å²) < 4.78 is 5.76. The van der Waals surface area contributed by atoms with Crippen molar-refractivity contribution in [1.82, 2.24) is 15.1 Å². The Hall–Kier alpha value is -1.10. The van der Waals surface area contributed by atoms with Gasteiger partial charge in [0.25, 0.3) is 0 Å². The highest BCUT2D eigenvalue weighted by Gasteiger charge is 2.20. The fourth-order valence-corrected chi connectivity index (χ4v) is 2.69. The van der Waals surface area contributed by atoms with Gasteiger partial charge in [-0.25, -0.2) is 0 Å². The van der Waals surface area contributed by atoms with E-state index in [1.807, 2.05) is 20.0 Å². The second-order valence-corrected chi connectivity index (χ2v) is 5.42. The zero-order valence-electron chi connectivity index (χ0n) is 12.9. The summed E-state index contributed by atoms with van der Waals surface area (Å²) in [6.07, 6.45) is 0. The number of para-hydroxylation sites is 1. The van der Waals surface area contributed by atoms with E-state index in [9.17, 15) is 0 Å². The number of benzene rings is 1. The first-order valence-corrected chi connectivity index (χ1v) is 7.54. The van der Waals surface area contributed by atoms with Crippen molar-refractivity contribution < 1.29 is 4.74 Å². The molecule has 20 heavy (non-hydrogen) atoms. The van der Waals surface area contributed by atoms with Gasteiger partial charge in [0, 0.05) is 44.3 Å². The van der Waals surface area contributed by atoms with Crippen LogP contribution in [0.15, 0.2) is 24.3 Å². The van der Waals surface area contributed by atoms with Crippen molar-refractivity contribution in [2.45, 2.75) is 13.0 Å². The molecule has 0 bridgehead atoms. The first-order valence-electron chi connectivity index (χ1n) is 7.54. The van der Waals surface area contributed by atoms with Crippen LogP contribution in [0.5, 0.6) is 5.75 Å². The number of hydrogen-bond acceptors (Lipinski definition) is 4. The van der Waals surface area contributed by atoms with Crippen LogP contribution in [0.25, 0.3) is 0 Å². The number of nitrogens with zero attached hydrogens (tertiary/aromatic N) is 2. The maximum Gasteiger partial charge on any atom is 0.124 e. The summed E-state index contributed by atoms with van der Waals surface area (Å²) in [4.78, 5) is 4.92. The van der Waals surface area contributed by atoms with Crippen LogP contribution in [-0.2, 0) is 0 Å². The molecule has 112 valence electrons. The van der Waals surface area contributed by atoms with Gasteiger partial charge < -0.3 is 15.0 Å². The molecule has 0 aliphatic carbocycles. The van der Waals surface area contributed by atoms with Gasteiger partial charge in [0.1, 0.15) is 5.75 Å². The molecule has 1 saturated heterocycles. The lowest BCUT2D eigenvalue weighted by Crippen LogP contribution is -2.47. The zero-order valence-corrected chi connectivity index (χ0v) is 12.9. The zero-order chi connectivity index (χ0) is 14.4. The van der Waals surface area contributed by atoms with Crippen LogP contribution in [0.2, 0.25) is 0 Å². The lowest BCUT2D eigenvalue weighted by Gasteiger charge is -2.35. The van der Waals surface area contributed by atoms with Crippen LogP contribution in [-0.4, -0.2) is 63.2 Å². The van der Waals surface area contributed by atoms with Crippen molar-refractivity contribution in [3.63, 3.8) is 0 Å². The molecule has 0 radical (unpaired) electrons. The van der Waals surface area contributed by atoms with Gasteiger partial charge in [0.15, 0.2) is 0 Å². The number of nitrogens with one attached hydrogen (secondary N) is 1. The third-order valence-electron chi connectivity index (χ3n) is 3.98. The normalized spacial score (nSPS) is 18.9. The van der Waals surface area contributed by atoms with Crippen LogP contribution in [0.4, 0.5) is 0 Å². The van der Waals surface area contributed by atoms with E-state index in [-0.39, 0.29) is 0 Å². The van der Waals surface area contributed by atoms with Crippen LogP contribution < -0.4 is 10.1 Å². The molecule has 4 nitrogen and oxygen atoms in total. The van der Waals surface area contributed by atoms with Crippen molar-refractivity contribution in [2.24, 2.45) is 0 Å². The summed E-state index contributed by atoms with van der Waals surface area (Å²) in [6, 6.07) is 8.68. The molecule has 0 amide bonds. The van der Waals surface area contributed by atoms with E-state index in [0.717, 1.165) is 38.5 Å². The van der Waals surface area contributed by atoms with Crippen LogP contribution >= 0.6 is 0 Å². The smallest absolute Gasteiger partial charge is 0.124 e. The van der Waals surface area contributed by atoms with Crippen molar-refractivity contribution in [2.75, 3.05) is 53.4 Å². The number of hydrogen-bond donors (Lipinski definition) is 1. The molecular formula is C16H27N3O. The summed E-state index contributed by atoms with van der Waals surface area (Å²) in [7, 11) is 4.22. The minimum absolute atomic E-state index is 0.321. The van der Waals surface area contributed by atoms with Crippen LogP contribution in [0, 0.1) is 0 Å². The molecule has 0 aromatic heterocycles. The van der Waals surface area contributed by atoms with Gasteiger partial charge in [0.2, 0.25) is 0 Å². The van der Waals surface area contributed by atoms with Crippen molar-refractivity contribution in [1.29, 1.82) is 0 Å². The molecule has 4 heteroatoms. The maximum atomic E-state index is 5.76. The number of rotatable bonds is 6. The summed E-state index contributed by atoms with van der Waals surface area (Å²) in [6.45, 7) is 8.38. The van der Waals surface area contributed by atoms with E-state index >= 15 is 0 Å². The Morgan fingerprint density at radius 1 is 1.20 bits per heavy atom. The van der Waals surface area contributed by atoms with Gasteiger partial charge in [-0.3, -0.25) is 4.90 Å². The molecule has 1 fully saturated rings. The van der Waals surface area contributed by atoms with E-state index in [0.29, 0.717) is 12.6 Å². The predicted molar refractivity (Wildman–Crippen MR) is 83.3 cm³/mol. The predicted octanol–water partition coefficient (Wildman–Crippen LogP) is 1.59. The number of likely N-dealkylation sites (N-methyl/N-ethyl adjacent to an activating group) is 2. The Balaban J connectivity index is 2.04. The Morgan fingerprint density at radius 2 is 1.90 bits per heavy atom.